The molecule has 3 aromatic rings. The molecule has 4 nitrogen and oxygen atoms in total. The average molecular weight is 432 g/mol. The highest BCUT2D eigenvalue weighted by atomic mass is 79.9. The van der Waals surface area contributed by atoms with Gasteiger partial charge >= 0.3 is 0 Å². The van der Waals surface area contributed by atoms with Gasteiger partial charge in [0, 0.05) is 27.4 Å². The summed E-state index contributed by atoms with van der Waals surface area (Å²) in [6.45, 7) is 0. The largest absolute Gasteiger partial charge is 0.325 e. The third-order valence-electron chi connectivity index (χ3n) is 3.04. The first-order valence-electron chi connectivity index (χ1n) is 7.43. The van der Waals surface area contributed by atoms with Crippen molar-refractivity contribution in [1.29, 1.82) is 0 Å². The van der Waals surface area contributed by atoms with Gasteiger partial charge in [-0.1, -0.05) is 63.7 Å². The SMILES string of the molecule is O=C(CSc1nccnc1Sc1ccccc1)Nc1cccc(Br)c1. The first-order valence-corrected chi connectivity index (χ1v) is 10.0. The van der Waals surface area contributed by atoms with Crippen LogP contribution in [0.25, 0.3) is 0 Å². The van der Waals surface area contributed by atoms with Gasteiger partial charge in [-0.3, -0.25) is 4.79 Å². The Morgan fingerprint density at radius 1 is 1.00 bits per heavy atom. The molecule has 0 bridgehead atoms. The quantitative estimate of drug-likeness (QED) is 0.548. The second-order valence-corrected chi connectivity index (χ2v) is 7.87. The molecule has 126 valence electrons. The van der Waals surface area contributed by atoms with Crippen LogP contribution in [0.2, 0.25) is 0 Å². The molecule has 0 aliphatic carbocycles. The van der Waals surface area contributed by atoms with Crippen LogP contribution in [-0.2, 0) is 4.79 Å². The van der Waals surface area contributed by atoms with Crippen molar-refractivity contribution in [2.45, 2.75) is 14.9 Å². The predicted molar refractivity (Wildman–Crippen MR) is 106 cm³/mol. The number of carbonyl (C=O) groups is 1. The lowest BCUT2D eigenvalue weighted by atomic mass is 10.3. The second-order valence-electron chi connectivity index (χ2n) is 4.93. The van der Waals surface area contributed by atoms with E-state index in [1.807, 2.05) is 54.6 Å². The normalized spacial score (nSPS) is 10.4. The van der Waals surface area contributed by atoms with E-state index in [1.54, 1.807) is 12.4 Å². The summed E-state index contributed by atoms with van der Waals surface area (Å²) in [5, 5.41) is 4.43. The maximum atomic E-state index is 12.2. The molecule has 3 rings (SSSR count). The van der Waals surface area contributed by atoms with Crippen molar-refractivity contribution in [1.82, 2.24) is 9.97 Å². The van der Waals surface area contributed by atoms with Crippen LogP contribution in [-0.4, -0.2) is 21.6 Å². The molecule has 25 heavy (non-hydrogen) atoms. The van der Waals surface area contributed by atoms with Gasteiger partial charge in [0.15, 0.2) is 0 Å². The number of aromatic nitrogens is 2. The van der Waals surface area contributed by atoms with Gasteiger partial charge in [0.2, 0.25) is 5.91 Å². The van der Waals surface area contributed by atoms with E-state index in [-0.39, 0.29) is 11.7 Å². The number of halogens is 1. The number of benzene rings is 2. The van der Waals surface area contributed by atoms with Gasteiger partial charge in [0.25, 0.3) is 0 Å². The van der Waals surface area contributed by atoms with Crippen LogP contribution in [0, 0.1) is 0 Å². The highest BCUT2D eigenvalue weighted by Crippen LogP contribution is 2.32. The zero-order valence-corrected chi connectivity index (χ0v) is 16.3. The zero-order chi connectivity index (χ0) is 17.5. The Bertz CT molecular complexity index is 862. The van der Waals surface area contributed by atoms with Crippen molar-refractivity contribution < 1.29 is 4.79 Å². The minimum atomic E-state index is -0.0792. The maximum absolute atomic E-state index is 12.2. The van der Waals surface area contributed by atoms with Gasteiger partial charge in [-0.25, -0.2) is 9.97 Å². The van der Waals surface area contributed by atoms with Crippen molar-refractivity contribution in [3.63, 3.8) is 0 Å². The fraction of sp³-hybridized carbons (Fsp3) is 0.0556. The highest BCUT2D eigenvalue weighted by Gasteiger charge is 2.11. The molecule has 1 N–H and O–H groups in total. The van der Waals surface area contributed by atoms with Crippen molar-refractivity contribution in [3.8, 4) is 0 Å². The predicted octanol–water partition coefficient (Wildman–Crippen LogP) is 5.12. The van der Waals surface area contributed by atoms with E-state index in [2.05, 4.69) is 31.2 Å². The number of carbonyl (C=O) groups excluding carboxylic acids is 1. The third kappa shape index (κ3) is 5.59. The fourth-order valence-corrected chi connectivity index (χ4v) is 4.10. The van der Waals surface area contributed by atoms with Gasteiger partial charge in [0.05, 0.1) is 5.75 Å². The Balaban J connectivity index is 1.62. The molecular weight excluding hydrogens is 418 g/mol. The maximum Gasteiger partial charge on any atom is 0.234 e. The molecule has 0 saturated heterocycles. The third-order valence-corrected chi connectivity index (χ3v) is 5.64. The van der Waals surface area contributed by atoms with Gasteiger partial charge < -0.3 is 5.32 Å². The lowest BCUT2D eigenvalue weighted by Crippen LogP contribution is -2.14. The minimum absolute atomic E-state index is 0.0792. The van der Waals surface area contributed by atoms with Crippen molar-refractivity contribution >= 4 is 51.0 Å². The molecular formula is C18H14BrN3OS2. The van der Waals surface area contributed by atoms with Crippen LogP contribution in [0.15, 0.2) is 86.4 Å². The average Bonchev–Trinajstić information content (AvgIpc) is 2.62. The number of hydrogen-bond donors (Lipinski definition) is 1. The van der Waals surface area contributed by atoms with Crippen LogP contribution in [0.3, 0.4) is 0 Å². The van der Waals surface area contributed by atoms with E-state index >= 15 is 0 Å². The van der Waals surface area contributed by atoms with Crippen molar-refractivity contribution in [2.75, 3.05) is 11.1 Å². The Hall–Kier alpha value is -1.83. The van der Waals surface area contributed by atoms with Crippen LogP contribution in [0.5, 0.6) is 0 Å². The Morgan fingerprint density at radius 3 is 2.52 bits per heavy atom. The van der Waals surface area contributed by atoms with E-state index in [1.165, 1.54) is 23.5 Å². The lowest BCUT2D eigenvalue weighted by molar-refractivity contribution is -0.113. The first-order chi connectivity index (χ1) is 12.2. The summed E-state index contributed by atoms with van der Waals surface area (Å²) in [5.41, 5.74) is 0.762. The van der Waals surface area contributed by atoms with Crippen LogP contribution in [0.1, 0.15) is 0 Å². The highest BCUT2D eigenvalue weighted by molar-refractivity contribution is 9.10. The van der Waals surface area contributed by atoms with E-state index in [0.29, 0.717) is 0 Å². The van der Waals surface area contributed by atoms with Crippen molar-refractivity contribution in [2.24, 2.45) is 0 Å². The zero-order valence-electron chi connectivity index (χ0n) is 13.1. The Morgan fingerprint density at radius 2 is 1.76 bits per heavy atom. The smallest absolute Gasteiger partial charge is 0.234 e. The molecule has 0 unspecified atom stereocenters. The Kier molecular flexibility index (Phi) is 6.49. The van der Waals surface area contributed by atoms with Crippen LogP contribution in [0.4, 0.5) is 5.69 Å². The van der Waals surface area contributed by atoms with E-state index in [4.69, 9.17) is 0 Å². The molecule has 0 spiro atoms. The molecule has 7 heteroatoms. The van der Waals surface area contributed by atoms with E-state index in [9.17, 15) is 4.79 Å². The molecule has 0 fully saturated rings. The number of nitrogens with zero attached hydrogens (tertiary/aromatic N) is 2. The Labute approximate surface area is 163 Å². The lowest BCUT2D eigenvalue weighted by Gasteiger charge is -2.08. The molecule has 0 atom stereocenters. The summed E-state index contributed by atoms with van der Waals surface area (Å²) in [6.07, 6.45) is 3.31. The number of amides is 1. The summed E-state index contributed by atoms with van der Waals surface area (Å²) < 4.78 is 0.924. The first kappa shape index (κ1) is 18.0. The van der Waals surface area contributed by atoms with Gasteiger partial charge in [0.1, 0.15) is 10.1 Å². The standard InChI is InChI=1S/C18H14BrN3OS2/c19-13-5-4-6-14(11-13)22-16(23)12-24-17-18(21-10-9-20-17)25-15-7-2-1-3-8-15/h1-11H,12H2,(H,22,23). The minimum Gasteiger partial charge on any atom is -0.325 e. The summed E-state index contributed by atoms with van der Waals surface area (Å²) in [5.74, 6) is 0.192. The number of nitrogens with one attached hydrogen (secondary N) is 1. The summed E-state index contributed by atoms with van der Waals surface area (Å²) in [6, 6.07) is 17.5. The number of thioether (sulfide) groups is 1. The molecule has 1 amide bonds. The number of hydrogen-bond acceptors (Lipinski definition) is 5. The van der Waals surface area contributed by atoms with Gasteiger partial charge in [-0.2, -0.15) is 0 Å². The monoisotopic (exact) mass is 431 g/mol. The molecule has 1 heterocycles. The number of rotatable bonds is 6. The molecule has 0 aliphatic heterocycles. The van der Waals surface area contributed by atoms with E-state index < -0.39 is 0 Å². The molecule has 2 aromatic carbocycles. The molecule has 0 radical (unpaired) electrons. The van der Waals surface area contributed by atoms with Crippen LogP contribution < -0.4 is 5.32 Å². The van der Waals surface area contributed by atoms with Crippen molar-refractivity contribution in [3.05, 3.63) is 71.5 Å². The topological polar surface area (TPSA) is 54.9 Å². The summed E-state index contributed by atoms with van der Waals surface area (Å²) >= 11 is 6.31. The summed E-state index contributed by atoms with van der Waals surface area (Å²) in [4.78, 5) is 22.0. The fourth-order valence-electron chi connectivity index (χ4n) is 1.98. The van der Waals surface area contributed by atoms with Crippen LogP contribution >= 0.6 is 39.5 Å². The summed E-state index contributed by atoms with van der Waals surface area (Å²) in [7, 11) is 0. The molecule has 1 aromatic heterocycles. The second kappa shape index (κ2) is 9.03. The molecule has 0 saturated carbocycles. The molecule has 0 aliphatic rings. The van der Waals surface area contributed by atoms with Gasteiger partial charge in [-0.15, -0.1) is 0 Å². The van der Waals surface area contributed by atoms with E-state index in [0.717, 1.165) is 25.1 Å². The number of anilines is 1. The van der Waals surface area contributed by atoms with Gasteiger partial charge in [-0.05, 0) is 30.3 Å².